The Bertz CT molecular complexity index is 171. The molecule has 0 radical (unpaired) electrons. The van der Waals surface area contributed by atoms with Crippen LogP contribution in [0.15, 0.2) is 0 Å². The van der Waals surface area contributed by atoms with Crippen molar-refractivity contribution in [3.8, 4) is 0 Å². The van der Waals surface area contributed by atoms with Crippen molar-refractivity contribution < 1.29 is 9.84 Å². The maximum absolute atomic E-state index is 9.91. The summed E-state index contributed by atoms with van der Waals surface area (Å²) in [6.07, 6.45) is 8.06. The lowest BCUT2D eigenvalue weighted by Crippen LogP contribution is -2.25. The van der Waals surface area contributed by atoms with Gasteiger partial charge in [0.1, 0.15) is 0 Å². The summed E-state index contributed by atoms with van der Waals surface area (Å²) in [5.74, 6) is 0.783. The van der Waals surface area contributed by atoms with Crippen LogP contribution in [0.1, 0.15) is 58.8 Å². The molecular formula is C13H26O2. The Kier molecular flexibility index (Phi) is 5.07. The molecule has 0 heterocycles. The first kappa shape index (κ1) is 13.0. The van der Waals surface area contributed by atoms with E-state index in [1.54, 1.807) is 7.11 Å². The third-order valence-electron chi connectivity index (χ3n) is 3.71. The molecule has 0 saturated heterocycles. The zero-order valence-electron chi connectivity index (χ0n) is 10.5. The molecule has 1 unspecified atom stereocenters. The summed E-state index contributed by atoms with van der Waals surface area (Å²) in [5.41, 5.74) is -0.0867. The van der Waals surface area contributed by atoms with E-state index in [9.17, 15) is 5.11 Å². The largest absolute Gasteiger partial charge is 0.393 e. The summed E-state index contributed by atoms with van der Waals surface area (Å²) in [6, 6.07) is 0. The van der Waals surface area contributed by atoms with Gasteiger partial charge in [-0.3, -0.25) is 0 Å². The highest BCUT2D eigenvalue weighted by molar-refractivity contribution is 4.74. The second-order valence-corrected chi connectivity index (χ2v) is 5.54. The molecule has 1 N–H and O–H groups in total. The lowest BCUT2D eigenvalue weighted by Gasteiger charge is -2.25. The number of methoxy groups -OCH3 is 1. The van der Waals surface area contributed by atoms with Crippen LogP contribution in [0.5, 0.6) is 0 Å². The first-order valence-corrected chi connectivity index (χ1v) is 6.27. The van der Waals surface area contributed by atoms with Crippen molar-refractivity contribution in [1.82, 2.24) is 0 Å². The quantitative estimate of drug-likeness (QED) is 0.736. The van der Waals surface area contributed by atoms with Gasteiger partial charge in [-0.15, -0.1) is 0 Å². The van der Waals surface area contributed by atoms with Crippen molar-refractivity contribution in [3.63, 3.8) is 0 Å². The van der Waals surface area contributed by atoms with Crippen molar-refractivity contribution in [3.05, 3.63) is 0 Å². The molecule has 1 aliphatic rings. The number of rotatable bonds is 6. The Balaban J connectivity index is 2.15. The SMILES string of the molecule is COC(C)(C)CCC(O)CC1CCCC1. The molecule has 1 atom stereocenters. The first-order chi connectivity index (χ1) is 7.03. The van der Waals surface area contributed by atoms with Gasteiger partial charge >= 0.3 is 0 Å². The monoisotopic (exact) mass is 214 g/mol. The van der Waals surface area contributed by atoms with E-state index in [4.69, 9.17) is 4.74 Å². The van der Waals surface area contributed by atoms with Crippen LogP contribution < -0.4 is 0 Å². The number of hydrogen-bond acceptors (Lipinski definition) is 2. The molecule has 1 aliphatic carbocycles. The maximum atomic E-state index is 9.91. The van der Waals surface area contributed by atoms with Gasteiger partial charge in [0.25, 0.3) is 0 Å². The fraction of sp³-hybridized carbons (Fsp3) is 1.00. The van der Waals surface area contributed by atoms with Crippen LogP contribution in [0.4, 0.5) is 0 Å². The fourth-order valence-corrected chi connectivity index (χ4v) is 2.36. The molecular weight excluding hydrogens is 188 g/mol. The smallest absolute Gasteiger partial charge is 0.0623 e. The summed E-state index contributed by atoms with van der Waals surface area (Å²) >= 11 is 0. The van der Waals surface area contributed by atoms with Crippen LogP contribution in [0.3, 0.4) is 0 Å². The van der Waals surface area contributed by atoms with Crippen molar-refractivity contribution in [1.29, 1.82) is 0 Å². The van der Waals surface area contributed by atoms with Crippen molar-refractivity contribution in [2.24, 2.45) is 5.92 Å². The van der Waals surface area contributed by atoms with Crippen molar-refractivity contribution >= 4 is 0 Å². The third kappa shape index (κ3) is 4.98. The molecule has 1 rings (SSSR count). The molecule has 0 amide bonds. The summed E-state index contributed by atoms with van der Waals surface area (Å²) in [5, 5.41) is 9.91. The normalized spacial score (nSPS) is 20.8. The average molecular weight is 214 g/mol. The zero-order chi connectivity index (χ0) is 11.3. The second kappa shape index (κ2) is 5.86. The Morgan fingerprint density at radius 2 is 1.93 bits per heavy atom. The molecule has 2 nitrogen and oxygen atoms in total. The standard InChI is InChI=1S/C13H26O2/c1-13(2,15-3)9-8-12(14)10-11-6-4-5-7-11/h11-12,14H,4-10H2,1-3H3. The van der Waals surface area contributed by atoms with Crippen LogP contribution in [-0.2, 0) is 4.74 Å². The molecule has 2 heteroatoms. The molecule has 1 saturated carbocycles. The highest BCUT2D eigenvalue weighted by atomic mass is 16.5. The van der Waals surface area contributed by atoms with Gasteiger partial charge in [-0.2, -0.15) is 0 Å². The number of ether oxygens (including phenoxy) is 1. The summed E-state index contributed by atoms with van der Waals surface area (Å²) in [6.45, 7) is 4.16. The number of hydrogen-bond donors (Lipinski definition) is 1. The van der Waals surface area contributed by atoms with Gasteiger partial charge in [0.05, 0.1) is 11.7 Å². The predicted molar refractivity (Wildman–Crippen MR) is 62.9 cm³/mol. The minimum Gasteiger partial charge on any atom is -0.393 e. The van der Waals surface area contributed by atoms with Crippen LogP contribution >= 0.6 is 0 Å². The third-order valence-corrected chi connectivity index (χ3v) is 3.71. The van der Waals surface area contributed by atoms with Crippen LogP contribution in [-0.4, -0.2) is 23.9 Å². The van der Waals surface area contributed by atoms with Crippen LogP contribution in [0.2, 0.25) is 0 Å². The zero-order valence-corrected chi connectivity index (χ0v) is 10.5. The first-order valence-electron chi connectivity index (χ1n) is 6.27. The lowest BCUT2D eigenvalue weighted by atomic mass is 9.93. The van der Waals surface area contributed by atoms with Gasteiger partial charge in [-0.25, -0.2) is 0 Å². The molecule has 0 aliphatic heterocycles. The maximum Gasteiger partial charge on any atom is 0.0623 e. The fourth-order valence-electron chi connectivity index (χ4n) is 2.36. The molecule has 0 bridgehead atoms. The minimum absolute atomic E-state index is 0.0867. The molecule has 0 aromatic carbocycles. The Morgan fingerprint density at radius 1 is 1.33 bits per heavy atom. The van der Waals surface area contributed by atoms with Gasteiger partial charge in [0.2, 0.25) is 0 Å². The van der Waals surface area contributed by atoms with E-state index in [-0.39, 0.29) is 11.7 Å². The van der Waals surface area contributed by atoms with Crippen LogP contribution in [0.25, 0.3) is 0 Å². The highest BCUT2D eigenvalue weighted by Gasteiger charge is 2.22. The van der Waals surface area contributed by atoms with Gasteiger partial charge in [-0.1, -0.05) is 25.7 Å². The number of aliphatic hydroxyl groups excluding tert-OH is 1. The van der Waals surface area contributed by atoms with Crippen LogP contribution in [0, 0.1) is 5.92 Å². The molecule has 0 aromatic rings. The molecule has 90 valence electrons. The second-order valence-electron chi connectivity index (χ2n) is 5.54. The highest BCUT2D eigenvalue weighted by Crippen LogP contribution is 2.30. The van der Waals surface area contributed by atoms with E-state index in [1.807, 2.05) is 0 Å². The van der Waals surface area contributed by atoms with E-state index in [0.717, 1.165) is 25.2 Å². The van der Waals surface area contributed by atoms with E-state index in [1.165, 1.54) is 25.7 Å². The topological polar surface area (TPSA) is 29.5 Å². The Labute approximate surface area is 94.0 Å². The number of aliphatic hydroxyl groups is 1. The molecule has 0 aromatic heterocycles. The van der Waals surface area contributed by atoms with E-state index in [0.29, 0.717) is 0 Å². The molecule has 0 spiro atoms. The van der Waals surface area contributed by atoms with Crippen molar-refractivity contribution in [2.75, 3.05) is 7.11 Å². The molecule has 1 fully saturated rings. The predicted octanol–water partition coefficient (Wildman–Crippen LogP) is 3.13. The van der Waals surface area contributed by atoms with E-state index in [2.05, 4.69) is 13.8 Å². The summed E-state index contributed by atoms with van der Waals surface area (Å²) < 4.78 is 5.35. The summed E-state index contributed by atoms with van der Waals surface area (Å²) in [7, 11) is 1.74. The summed E-state index contributed by atoms with van der Waals surface area (Å²) in [4.78, 5) is 0. The van der Waals surface area contributed by atoms with Gasteiger partial charge < -0.3 is 9.84 Å². The van der Waals surface area contributed by atoms with Gasteiger partial charge in [0.15, 0.2) is 0 Å². The average Bonchev–Trinajstić information content (AvgIpc) is 2.68. The van der Waals surface area contributed by atoms with Gasteiger partial charge in [0, 0.05) is 7.11 Å². The van der Waals surface area contributed by atoms with Gasteiger partial charge in [-0.05, 0) is 39.0 Å². The Morgan fingerprint density at radius 3 is 2.47 bits per heavy atom. The van der Waals surface area contributed by atoms with E-state index < -0.39 is 0 Å². The lowest BCUT2D eigenvalue weighted by molar-refractivity contribution is 0.000744. The minimum atomic E-state index is -0.123. The molecule has 15 heavy (non-hydrogen) atoms. The van der Waals surface area contributed by atoms with Crippen molar-refractivity contribution in [2.45, 2.75) is 70.5 Å². The van der Waals surface area contributed by atoms with E-state index >= 15 is 0 Å². The Hall–Kier alpha value is -0.0800.